The number of aromatic nitrogens is 1. The van der Waals surface area contributed by atoms with Crippen LogP contribution < -0.4 is 5.32 Å². The smallest absolute Gasteiger partial charge is 0.0726 e. The van der Waals surface area contributed by atoms with E-state index in [9.17, 15) is 0 Å². The van der Waals surface area contributed by atoms with Gasteiger partial charge in [-0.2, -0.15) is 0 Å². The van der Waals surface area contributed by atoms with Gasteiger partial charge in [0.2, 0.25) is 0 Å². The molecule has 2 nitrogen and oxygen atoms in total. The van der Waals surface area contributed by atoms with Crippen LogP contribution in [0.5, 0.6) is 0 Å². The number of hydrogen-bond donors (Lipinski definition) is 1. The van der Waals surface area contributed by atoms with Crippen LogP contribution in [0.3, 0.4) is 0 Å². The largest absolute Gasteiger partial charge is 0.387 e. The molecule has 3 rings (SSSR count). The SMILES string of the molecule is CCCCc1ccc2nc3c(c(NC)c2c1)CCCC3. The third-order valence-corrected chi connectivity index (χ3v) is 4.40. The molecule has 0 spiro atoms. The van der Waals surface area contributed by atoms with Gasteiger partial charge in [0, 0.05) is 23.8 Å². The zero-order chi connectivity index (χ0) is 13.9. The van der Waals surface area contributed by atoms with Gasteiger partial charge in [-0.05, 0) is 61.8 Å². The van der Waals surface area contributed by atoms with Crippen LogP contribution in [0.25, 0.3) is 10.9 Å². The Hall–Kier alpha value is -1.57. The third kappa shape index (κ3) is 2.39. The number of rotatable bonds is 4. The van der Waals surface area contributed by atoms with E-state index in [2.05, 4.69) is 30.4 Å². The lowest BCUT2D eigenvalue weighted by atomic mass is 9.92. The summed E-state index contributed by atoms with van der Waals surface area (Å²) in [6.45, 7) is 2.25. The standard InChI is InChI=1S/C18H24N2/c1-3-4-7-13-10-11-17-15(12-13)18(19-2)14-8-5-6-9-16(14)20-17/h10-12H,3-9H2,1-2H3,(H,19,20). The van der Waals surface area contributed by atoms with Crippen molar-refractivity contribution in [2.45, 2.75) is 51.9 Å². The van der Waals surface area contributed by atoms with Crippen LogP contribution >= 0.6 is 0 Å². The molecule has 0 saturated carbocycles. The molecule has 0 fully saturated rings. The average molecular weight is 268 g/mol. The molecule has 1 N–H and O–H groups in total. The Labute approximate surface area is 121 Å². The Morgan fingerprint density at radius 3 is 2.85 bits per heavy atom. The van der Waals surface area contributed by atoms with E-state index in [1.54, 1.807) is 0 Å². The first-order valence-corrected chi connectivity index (χ1v) is 7.95. The van der Waals surface area contributed by atoms with Gasteiger partial charge < -0.3 is 5.32 Å². The van der Waals surface area contributed by atoms with Gasteiger partial charge in [-0.25, -0.2) is 0 Å². The van der Waals surface area contributed by atoms with E-state index in [-0.39, 0.29) is 0 Å². The highest BCUT2D eigenvalue weighted by Gasteiger charge is 2.17. The highest BCUT2D eigenvalue weighted by atomic mass is 14.9. The second-order valence-electron chi connectivity index (χ2n) is 5.82. The van der Waals surface area contributed by atoms with Gasteiger partial charge in [-0.1, -0.05) is 19.4 Å². The molecule has 106 valence electrons. The summed E-state index contributed by atoms with van der Waals surface area (Å²) >= 11 is 0. The van der Waals surface area contributed by atoms with Crippen molar-refractivity contribution in [3.8, 4) is 0 Å². The Bertz CT molecular complexity index is 616. The maximum Gasteiger partial charge on any atom is 0.0726 e. The van der Waals surface area contributed by atoms with Gasteiger partial charge in [0.15, 0.2) is 0 Å². The Balaban J connectivity index is 2.12. The highest BCUT2D eigenvalue weighted by Crippen LogP contribution is 2.33. The van der Waals surface area contributed by atoms with Crippen LogP contribution in [0.1, 0.15) is 49.4 Å². The van der Waals surface area contributed by atoms with Crippen LogP contribution in [0.4, 0.5) is 5.69 Å². The summed E-state index contributed by atoms with van der Waals surface area (Å²) in [5, 5.41) is 4.75. The van der Waals surface area contributed by atoms with E-state index in [4.69, 9.17) is 4.98 Å². The zero-order valence-corrected chi connectivity index (χ0v) is 12.6. The molecular formula is C18H24N2. The maximum atomic E-state index is 4.91. The molecule has 1 aliphatic rings. The molecule has 2 aromatic rings. The van der Waals surface area contributed by atoms with Gasteiger partial charge in [-0.3, -0.25) is 4.98 Å². The molecule has 0 saturated heterocycles. The molecule has 0 atom stereocenters. The highest BCUT2D eigenvalue weighted by molar-refractivity contribution is 5.94. The molecule has 1 aliphatic carbocycles. The molecule has 1 aromatic heterocycles. The molecule has 0 radical (unpaired) electrons. The summed E-state index contributed by atoms with van der Waals surface area (Å²) < 4.78 is 0. The monoisotopic (exact) mass is 268 g/mol. The van der Waals surface area contributed by atoms with Crippen LogP contribution in [0.15, 0.2) is 18.2 Å². The van der Waals surface area contributed by atoms with Crippen molar-refractivity contribution in [2.75, 3.05) is 12.4 Å². The fraction of sp³-hybridized carbons (Fsp3) is 0.500. The first-order valence-electron chi connectivity index (χ1n) is 7.95. The molecule has 0 amide bonds. The van der Waals surface area contributed by atoms with Crippen LogP contribution in [0, 0.1) is 0 Å². The number of fused-ring (bicyclic) bond motifs is 2. The lowest BCUT2D eigenvalue weighted by molar-refractivity contribution is 0.672. The number of nitrogens with one attached hydrogen (secondary N) is 1. The molecular weight excluding hydrogens is 244 g/mol. The number of hydrogen-bond acceptors (Lipinski definition) is 2. The summed E-state index contributed by atoms with van der Waals surface area (Å²) in [7, 11) is 2.04. The zero-order valence-electron chi connectivity index (χ0n) is 12.6. The second-order valence-corrected chi connectivity index (χ2v) is 5.82. The minimum atomic E-state index is 1.14. The van der Waals surface area contributed by atoms with Crippen LogP contribution in [-0.2, 0) is 19.3 Å². The number of unbranched alkanes of at least 4 members (excludes halogenated alkanes) is 1. The summed E-state index contributed by atoms with van der Waals surface area (Å²) in [5.74, 6) is 0. The average Bonchev–Trinajstić information content (AvgIpc) is 2.50. The molecule has 20 heavy (non-hydrogen) atoms. The minimum Gasteiger partial charge on any atom is -0.387 e. The summed E-state index contributed by atoms with van der Waals surface area (Å²) in [4.78, 5) is 4.91. The third-order valence-electron chi connectivity index (χ3n) is 4.40. The van der Waals surface area contributed by atoms with Crippen molar-refractivity contribution in [3.63, 3.8) is 0 Å². The topological polar surface area (TPSA) is 24.9 Å². The van der Waals surface area contributed by atoms with E-state index >= 15 is 0 Å². The Kier molecular flexibility index (Phi) is 3.90. The lowest BCUT2D eigenvalue weighted by Crippen LogP contribution is -2.09. The molecule has 0 bridgehead atoms. The normalized spacial score (nSPS) is 14.3. The number of anilines is 1. The summed E-state index contributed by atoms with van der Waals surface area (Å²) in [5.41, 5.74) is 6.68. The van der Waals surface area contributed by atoms with Crippen molar-refractivity contribution in [3.05, 3.63) is 35.0 Å². The van der Waals surface area contributed by atoms with E-state index in [0.717, 1.165) is 11.9 Å². The molecule has 1 heterocycles. The molecule has 0 aliphatic heterocycles. The van der Waals surface area contributed by atoms with E-state index in [1.807, 2.05) is 7.05 Å². The fourth-order valence-corrected chi connectivity index (χ4v) is 3.29. The number of benzene rings is 1. The molecule has 0 unspecified atom stereocenters. The van der Waals surface area contributed by atoms with Crippen LogP contribution in [-0.4, -0.2) is 12.0 Å². The second kappa shape index (κ2) is 5.82. The van der Waals surface area contributed by atoms with Crippen molar-refractivity contribution < 1.29 is 0 Å². The Morgan fingerprint density at radius 1 is 1.20 bits per heavy atom. The summed E-state index contributed by atoms with van der Waals surface area (Å²) in [6, 6.07) is 6.80. The van der Waals surface area contributed by atoms with Gasteiger partial charge in [0.05, 0.1) is 5.52 Å². The first-order chi connectivity index (χ1) is 9.83. The number of nitrogens with zero attached hydrogens (tertiary/aromatic N) is 1. The maximum absolute atomic E-state index is 4.91. The Morgan fingerprint density at radius 2 is 2.05 bits per heavy atom. The van der Waals surface area contributed by atoms with E-state index in [1.165, 1.54) is 66.4 Å². The quantitative estimate of drug-likeness (QED) is 0.883. The van der Waals surface area contributed by atoms with Gasteiger partial charge in [-0.15, -0.1) is 0 Å². The van der Waals surface area contributed by atoms with Gasteiger partial charge >= 0.3 is 0 Å². The lowest BCUT2D eigenvalue weighted by Gasteiger charge is -2.20. The first kappa shape index (κ1) is 13.4. The van der Waals surface area contributed by atoms with Crippen molar-refractivity contribution in [1.82, 2.24) is 4.98 Å². The van der Waals surface area contributed by atoms with E-state index < -0.39 is 0 Å². The van der Waals surface area contributed by atoms with Crippen LogP contribution in [0.2, 0.25) is 0 Å². The summed E-state index contributed by atoms with van der Waals surface area (Å²) in [6.07, 6.45) is 8.57. The van der Waals surface area contributed by atoms with E-state index in [0.29, 0.717) is 0 Å². The molecule has 2 heteroatoms. The predicted octanol–water partition coefficient (Wildman–Crippen LogP) is 4.50. The van der Waals surface area contributed by atoms with Gasteiger partial charge in [0.25, 0.3) is 0 Å². The fourth-order valence-electron chi connectivity index (χ4n) is 3.29. The van der Waals surface area contributed by atoms with Gasteiger partial charge in [0.1, 0.15) is 0 Å². The minimum absolute atomic E-state index is 1.14. The predicted molar refractivity (Wildman–Crippen MR) is 86.5 cm³/mol. The number of pyridine rings is 1. The van der Waals surface area contributed by atoms with Crippen molar-refractivity contribution in [1.29, 1.82) is 0 Å². The van der Waals surface area contributed by atoms with Crippen molar-refractivity contribution in [2.24, 2.45) is 0 Å². The van der Waals surface area contributed by atoms with Crippen molar-refractivity contribution >= 4 is 16.6 Å². The molecule has 1 aromatic carbocycles. The number of aryl methyl sites for hydroxylation is 2.